The quantitative estimate of drug-likeness (QED) is 0.604. The predicted molar refractivity (Wildman–Crippen MR) is 128 cm³/mol. The smallest absolute Gasteiger partial charge is 0.123 e. The SMILES string of the molecule is CC(C)N1CCN(Cc2ccc3c(c2)COC3(CCCN(C)C)c2ccc(F)cc2)CC1. The fourth-order valence-electron chi connectivity index (χ4n) is 5.19. The van der Waals surface area contributed by atoms with E-state index in [4.69, 9.17) is 4.74 Å². The molecule has 0 aliphatic carbocycles. The maximum absolute atomic E-state index is 13.6. The summed E-state index contributed by atoms with van der Waals surface area (Å²) in [6, 6.07) is 14.4. The van der Waals surface area contributed by atoms with Gasteiger partial charge in [-0.2, -0.15) is 0 Å². The molecule has 174 valence electrons. The molecular weight excluding hydrogens is 401 g/mol. The molecule has 2 aliphatic rings. The molecule has 1 saturated heterocycles. The highest BCUT2D eigenvalue weighted by Gasteiger charge is 2.41. The zero-order valence-corrected chi connectivity index (χ0v) is 20.1. The Bertz CT molecular complexity index is 890. The Kier molecular flexibility index (Phi) is 7.30. The van der Waals surface area contributed by atoms with E-state index in [0.717, 1.165) is 57.7 Å². The Labute approximate surface area is 193 Å². The van der Waals surface area contributed by atoms with Crippen molar-refractivity contribution in [1.29, 1.82) is 0 Å². The average Bonchev–Trinajstić information content (AvgIpc) is 3.13. The van der Waals surface area contributed by atoms with Crippen LogP contribution in [0.4, 0.5) is 4.39 Å². The van der Waals surface area contributed by atoms with Gasteiger partial charge in [0, 0.05) is 38.8 Å². The lowest BCUT2D eigenvalue weighted by molar-refractivity contribution is -0.0140. The van der Waals surface area contributed by atoms with E-state index in [-0.39, 0.29) is 5.82 Å². The minimum Gasteiger partial charge on any atom is -0.361 e. The largest absolute Gasteiger partial charge is 0.361 e. The number of ether oxygens (including phenoxy) is 1. The Morgan fingerprint density at radius 2 is 1.75 bits per heavy atom. The first-order valence-electron chi connectivity index (χ1n) is 12.0. The minimum atomic E-state index is -0.486. The highest BCUT2D eigenvalue weighted by molar-refractivity contribution is 5.45. The highest BCUT2D eigenvalue weighted by atomic mass is 19.1. The lowest BCUT2D eigenvalue weighted by Gasteiger charge is -2.37. The van der Waals surface area contributed by atoms with E-state index in [1.807, 2.05) is 12.1 Å². The number of nitrogens with zero attached hydrogens (tertiary/aromatic N) is 3. The van der Waals surface area contributed by atoms with Crippen LogP contribution in [0.15, 0.2) is 42.5 Å². The van der Waals surface area contributed by atoms with Gasteiger partial charge in [0.1, 0.15) is 11.4 Å². The lowest BCUT2D eigenvalue weighted by Crippen LogP contribution is -2.48. The molecule has 0 radical (unpaired) electrons. The van der Waals surface area contributed by atoms with Gasteiger partial charge in [-0.05, 0) is 81.7 Å². The number of fused-ring (bicyclic) bond motifs is 1. The summed E-state index contributed by atoms with van der Waals surface area (Å²) >= 11 is 0. The van der Waals surface area contributed by atoms with Crippen LogP contribution in [0.1, 0.15) is 48.9 Å². The van der Waals surface area contributed by atoms with Gasteiger partial charge in [0.25, 0.3) is 0 Å². The van der Waals surface area contributed by atoms with Gasteiger partial charge >= 0.3 is 0 Å². The summed E-state index contributed by atoms with van der Waals surface area (Å²) < 4.78 is 20.2. The zero-order valence-electron chi connectivity index (χ0n) is 20.1. The Balaban J connectivity index is 1.53. The van der Waals surface area contributed by atoms with E-state index in [0.29, 0.717) is 12.6 Å². The van der Waals surface area contributed by atoms with Crippen LogP contribution in [0.2, 0.25) is 0 Å². The van der Waals surface area contributed by atoms with Gasteiger partial charge in [0.15, 0.2) is 0 Å². The molecule has 1 unspecified atom stereocenters. The summed E-state index contributed by atoms with van der Waals surface area (Å²) in [7, 11) is 4.20. The van der Waals surface area contributed by atoms with E-state index < -0.39 is 5.60 Å². The maximum Gasteiger partial charge on any atom is 0.123 e. The second kappa shape index (κ2) is 10.0. The topological polar surface area (TPSA) is 19.0 Å². The molecule has 0 amide bonds. The molecule has 0 spiro atoms. The van der Waals surface area contributed by atoms with Crippen LogP contribution < -0.4 is 0 Å². The van der Waals surface area contributed by atoms with Gasteiger partial charge in [-0.25, -0.2) is 4.39 Å². The van der Waals surface area contributed by atoms with Crippen molar-refractivity contribution in [3.8, 4) is 0 Å². The predicted octanol–water partition coefficient (Wildman–Crippen LogP) is 4.47. The molecule has 4 nitrogen and oxygen atoms in total. The summed E-state index contributed by atoms with van der Waals surface area (Å²) in [6.07, 6.45) is 1.91. The zero-order chi connectivity index (χ0) is 22.7. The second-order valence-corrected chi connectivity index (χ2v) is 9.93. The third-order valence-corrected chi connectivity index (χ3v) is 7.07. The molecule has 2 aromatic rings. The molecule has 2 heterocycles. The summed E-state index contributed by atoms with van der Waals surface area (Å²) in [5.74, 6) is -0.205. The van der Waals surface area contributed by atoms with Gasteiger partial charge in [0.2, 0.25) is 0 Å². The van der Waals surface area contributed by atoms with Crippen LogP contribution in [0.25, 0.3) is 0 Å². The van der Waals surface area contributed by atoms with Crippen LogP contribution in [0, 0.1) is 5.82 Å². The number of piperazine rings is 1. The fraction of sp³-hybridized carbons (Fsp3) is 0.556. The molecule has 5 heteroatoms. The highest BCUT2D eigenvalue weighted by Crippen LogP contribution is 2.45. The standard InChI is InChI=1S/C27H38FN3O/c1-21(2)31-16-14-30(15-17-31)19-22-6-11-26-23(18-22)20-32-27(26,12-5-13-29(3)4)24-7-9-25(28)10-8-24/h6-11,18,21H,5,12-17,19-20H2,1-4H3. The summed E-state index contributed by atoms with van der Waals surface area (Å²) in [5, 5.41) is 0. The molecule has 1 fully saturated rings. The third-order valence-electron chi connectivity index (χ3n) is 7.07. The molecule has 32 heavy (non-hydrogen) atoms. The number of benzene rings is 2. The monoisotopic (exact) mass is 439 g/mol. The van der Waals surface area contributed by atoms with Crippen molar-refractivity contribution in [1.82, 2.24) is 14.7 Å². The minimum absolute atomic E-state index is 0.205. The van der Waals surface area contributed by atoms with Crippen molar-refractivity contribution in [2.75, 3.05) is 46.8 Å². The molecule has 2 aliphatic heterocycles. The van der Waals surface area contributed by atoms with Gasteiger partial charge in [0.05, 0.1) is 6.61 Å². The second-order valence-electron chi connectivity index (χ2n) is 9.93. The van der Waals surface area contributed by atoms with Crippen LogP contribution in [-0.4, -0.2) is 67.6 Å². The van der Waals surface area contributed by atoms with E-state index in [1.165, 1.54) is 16.7 Å². The van der Waals surface area contributed by atoms with Crippen LogP contribution in [-0.2, 0) is 23.5 Å². The normalized spacial score (nSPS) is 22.1. The summed E-state index contributed by atoms with van der Waals surface area (Å²) in [6.45, 7) is 11.7. The van der Waals surface area contributed by atoms with Crippen molar-refractivity contribution in [3.05, 3.63) is 70.5 Å². The Morgan fingerprint density at radius 3 is 2.41 bits per heavy atom. The molecule has 2 aromatic carbocycles. The number of halogens is 1. The third kappa shape index (κ3) is 5.07. The number of hydrogen-bond acceptors (Lipinski definition) is 4. The summed E-state index contributed by atoms with van der Waals surface area (Å²) in [5.41, 5.74) is 4.44. The summed E-state index contributed by atoms with van der Waals surface area (Å²) in [4.78, 5) is 7.31. The van der Waals surface area contributed by atoms with Crippen LogP contribution >= 0.6 is 0 Å². The van der Waals surface area contributed by atoms with Gasteiger partial charge < -0.3 is 9.64 Å². The van der Waals surface area contributed by atoms with E-state index in [1.54, 1.807) is 12.1 Å². The van der Waals surface area contributed by atoms with Gasteiger partial charge in [-0.3, -0.25) is 9.80 Å². The molecule has 1 atom stereocenters. The molecule has 0 aromatic heterocycles. The van der Waals surface area contributed by atoms with E-state index in [9.17, 15) is 4.39 Å². The first kappa shape index (κ1) is 23.4. The van der Waals surface area contributed by atoms with E-state index in [2.05, 4.69) is 60.8 Å². The van der Waals surface area contributed by atoms with Crippen molar-refractivity contribution in [2.45, 2.75) is 51.5 Å². The maximum atomic E-state index is 13.6. The molecule has 4 rings (SSSR count). The Morgan fingerprint density at radius 1 is 1.03 bits per heavy atom. The number of rotatable bonds is 8. The molecule has 0 N–H and O–H groups in total. The number of hydrogen-bond donors (Lipinski definition) is 0. The van der Waals surface area contributed by atoms with Crippen LogP contribution in [0.3, 0.4) is 0 Å². The van der Waals surface area contributed by atoms with Gasteiger partial charge in [-0.15, -0.1) is 0 Å². The molecule has 0 saturated carbocycles. The van der Waals surface area contributed by atoms with Crippen molar-refractivity contribution in [3.63, 3.8) is 0 Å². The fourth-order valence-corrected chi connectivity index (χ4v) is 5.19. The first-order chi connectivity index (χ1) is 15.4. The lowest BCUT2D eigenvalue weighted by atomic mass is 9.81. The first-order valence-corrected chi connectivity index (χ1v) is 12.0. The van der Waals surface area contributed by atoms with Crippen molar-refractivity contribution < 1.29 is 9.13 Å². The van der Waals surface area contributed by atoms with Crippen molar-refractivity contribution >= 4 is 0 Å². The van der Waals surface area contributed by atoms with E-state index >= 15 is 0 Å². The molecule has 0 bridgehead atoms. The Hall–Kier alpha value is -1.79. The van der Waals surface area contributed by atoms with Crippen LogP contribution in [0.5, 0.6) is 0 Å². The molecular formula is C27H38FN3O. The average molecular weight is 440 g/mol. The van der Waals surface area contributed by atoms with Crippen molar-refractivity contribution in [2.24, 2.45) is 0 Å². The van der Waals surface area contributed by atoms with Gasteiger partial charge in [-0.1, -0.05) is 30.3 Å².